The van der Waals surface area contributed by atoms with Crippen molar-refractivity contribution < 1.29 is 29.0 Å². The normalized spacial score (nSPS) is 14.4. The largest absolute Gasteiger partial charge is 0.872 e. The van der Waals surface area contributed by atoms with Gasteiger partial charge in [-0.25, -0.2) is 0 Å². The van der Waals surface area contributed by atoms with Crippen LogP contribution in [0.3, 0.4) is 0 Å². The zero-order valence-corrected chi connectivity index (χ0v) is 18.3. The van der Waals surface area contributed by atoms with Crippen molar-refractivity contribution in [3.8, 4) is 11.5 Å². The third kappa shape index (κ3) is 5.14. The first-order valence-electron chi connectivity index (χ1n) is 9.48. The highest BCUT2D eigenvalue weighted by molar-refractivity contribution is 6.42. The number of rotatable bonds is 9. The second-order valence-electron chi connectivity index (χ2n) is 6.94. The number of benzene rings is 2. The summed E-state index contributed by atoms with van der Waals surface area (Å²) in [7, 11) is 3.27. The van der Waals surface area contributed by atoms with E-state index in [0.717, 1.165) is 4.90 Å². The van der Waals surface area contributed by atoms with Gasteiger partial charge in [0.05, 0.1) is 28.8 Å². The van der Waals surface area contributed by atoms with Gasteiger partial charge in [0.2, 0.25) is 5.78 Å². The lowest BCUT2D eigenvalue weighted by Crippen LogP contribution is -3.11. The van der Waals surface area contributed by atoms with Crippen molar-refractivity contribution in [1.29, 1.82) is 0 Å². The van der Waals surface area contributed by atoms with E-state index in [2.05, 4.69) is 0 Å². The minimum atomic E-state index is -0.271. The number of hydrogen-bond acceptors (Lipinski definition) is 5. The van der Waals surface area contributed by atoms with Crippen LogP contribution >= 0.6 is 23.2 Å². The molecule has 160 valence electrons. The van der Waals surface area contributed by atoms with Gasteiger partial charge in [0, 0.05) is 19.8 Å². The molecule has 6 nitrogen and oxygen atoms in total. The van der Waals surface area contributed by atoms with Gasteiger partial charge in [-0.1, -0.05) is 41.1 Å². The molecule has 2 aromatic rings. The fourth-order valence-corrected chi connectivity index (χ4v) is 3.56. The fourth-order valence-electron chi connectivity index (χ4n) is 3.25. The molecule has 30 heavy (non-hydrogen) atoms. The summed E-state index contributed by atoms with van der Waals surface area (Å²) in [6, 6.07) is 7.97. The van der Waals surface area contributed by atoms with Crippen molar-refractivity contribution in [2.75, 3.05) is 40.5 Å². The Morgan fingerprint density at radius 1 is 1.07 bits per heavy atom. The van der Waals surface area contributed by atoms with Gasteiger partial charge in [-0.15, -0.1) is 0 Å². The van der Waals surface area contributed by atoms with Crippen LogP contribution in [0, 0.1) is 0 Å². The van der Waals surface area contributed by atoms with Crippen molar-refractivity contribution in [2.24, 2.45) is 0 Å². The standard InChI is InChI=1S/C22H23Cl2NO5/c1-28-9-7-25(8-10-29-2)13-16-19(26)6-4-15-21(27)20(30-22(15)16)12-14-3-5-17(23)18(24)11-14/h3-6,11-12,26H,7-10,13H2,1-2H3. The Morgan fingerprint density at radius 2 is 1.77 bits per heavy atom. The monoisotopic (exact) mass is 451 g/mol. The zero-order valence-electron chi connectivity index (χ0n) is 16.8. The molecule has 0 amide bonds. The van der Waals surface area contributed by atoms with E-state index in [1.54, 1.807) is 38.5 Å². The van der Waals surface area contributed by atoms with Crippen molar-refractivity contribution >= 4 is 35.1 Å². The lowest BCUT2D eigenvalue weighted by Gasteiger charge is -2.23. The van der Waals surface area contributed by atoms with Crippen LogP contribution in [-0.4, -0.2) is 46.3 Å². The Labute approximate surface area is 185 Å². The molecule has 1 heterocycles. The SMILES string of the molecule is COCC[NH+](CCOC)Cc1c([O-])ccc2c1OC(=Cc1ccc(Cl)c(Cl)c1)C2=O. The lowest BCUT2D eigenvalue weighted by atomic mass is 10.0. The topological polar surface area (TPSA) is 72.3 Å². The smallest absolute Gasteiger partial charge is 0.231 e. The predicted octanol–water partition coefficient (Wildman–Crippen LogP) is 2.36. The second-order valence-corrected chi connectivity index (χ2v) is 7.76. The quantitative estimate of drug-likeness (QED) is 0.592. The summed E-state index contributed by atoms with van der Waals surface area (Å²) in [6.45, 7) is 2.89. The third-order valence-electron chi connectivity index (χ3n) is 4.89. The fraction of sp³-hybridized carbons (Fsp3) is 0.318. The van der Waals surface area contributed by atoms with Crippen LogP contribution in [0.15, 0.2) is 36.1 Å². The molecule has 0 atom stereocenters. The lowest BCUT2D eigenvalue weighted by molar-refractivity contribution is -0.914. The van der Waals surface area contributed by atoms with Crippen LogP contribution in [-0.2, 0) is 16.0 Å². The van der Waals surface area contributed by atoms with Gasteiger partial charge >= 0.3 is 0 Å². The molecule has 0 spiro atoms. The van der Waals surface area contributed by atoms with Crippen LogP contribution in [0.5, 0.6) is 11.5 Å². The number of hydrogen-bond donors (Lipinski definition) is 1. The summed E-state index contributed by atoms with van der Waals surface area (Å²) in [4.78, 5) is 13.9. The molecular formula is C22H23Cl2NO5. The van der Waals surface area contributed by atoms with E-state index in [1.165, 1.54) is 12.1 Å². The molecule has 0 radical (unpaired) electrons. The van der Waals surface area contributed by atoms with Gasteiger partial charge in [0.25, 0.3) is 0 Å². The van der Waals surface area contributed by atoms with E-state index >= 15 is 0 Å². The van der Waals surface area contributed by atoms with Crippen molar-refractivity contribution in [3.63, 3.8) is 0 Å². The molecule has 1 aliphatic heterocycles. The average molecular weight is 452 g/mol. The van der Waals surface area contributed by atoms with Gasteiger partial charge in [0.1, 0.15) is 25.4 Å². The summed E-state index contributed by atoms with van der Waals surface area (Å²) in [5.74, 6) is 0.0362. The second kappa shape index (κ2) is 10.3. The van der Waals surface area contributed by atoms with Crippen molar-refractivity contribution in [3.05, 3.63) is 62.8 Å². The molecule has 1 N–H and O–H groups in total. The molecule has 8 heteroatoms. The highest BCUT2D eigenvalue weighted by atomic mass is 35.5. The first kappa shape index (κ1) is 22.6. The predicted molar refractivity (Wildman–Crippen MR) is 113 cm³/mol. The van der Waals surface area contributed by atoms with Crippen LogP contribution in [0.4, 0.5) is 0 Å². The molecular weight excluding hydrogens is 429 g/mol. The molecule has 1 aliphatic rings. The molecule has 0 saturated carbocycles. The van der Waals surface area contributed by atoms with Gasteiger partial charge in [-0.05, 0) is 29.8 Å². The first-order valence-corrected chi connectivity index (χ1v) is 10.2. The summed E-state index contributed by atoms with van der Waals surface area (Å²) in [5, 5.41) is 13.4. The maximum absolute atomic E-state index is 12.8. The number of halogens is 2. The Morgan fingerprint density at radius 3 is 2.40 bits per heavy atom. The molecule has 0 aliphatic carbocycles. The number of Topliss-reactive ketones (excluding diaryl/α,β-unsaturated/α-hetero) is 1. The van der Waals surface area contributed by atoms with E-state index in [-0.39, 0.29) is 17.3 Å². The number of quaternary nitrogens is 1. The number of nitrogens with one attached hydrogen (secondary N) is 1. The number of fused-ring (bicyclic) bond motifs is 1. The number of methoxy groups -OCH3 is 2. The van der Waals surface area contributed by atoms with Gasteiger partial charge in [-0.2, -0.15) is 0 Å². The van der Waals surface area contributed by atoms with E-state index in [0.29, 0.717) is 65.3 Å². The number of ketones is 1. The molecule has 0 fully saturated rings. The summed E-state index contributed by atoms with van der Waals surface area (Å²) in [5.41, 5.74) is 1.53. The average Bonchev–Trinajstić information content (AvgIpc) is 3.04. The Kier molecular flexibility index (Phi) is 7.75. The van der Waals surface area contributed by atoms with E-state index in [9.17, 15) is 9.90 Å². The molecule has 0 aromatic heterocycles. The molecule has 0 bridgehead atoms. The Bertz CT molecular complexity index is 953. The first-order chi connectivity index (χ1) is 14.4. The maximum Gasteiger partial charge on any atom is 0.231 e. The molecule has 0 unspecified atom stereocenters. The van der Waals surface area contributed by atoms with E-state index in [4.69, 9.17) is 37.4 Å². The molecule has 0 saturated heterocycles. The third-order valence-corrected chi connectivity index (χ3v) is 5.62. The summed E-state index contributed by atoms with van der Waals surface area (Å²) >= 11 is 12.0. The van der Waals surface area contributed by atoms with E-state index in [1.807, 2.05) is 0 Å². The number of allylic oxidation sites excluding steroid dienone is 1. The number of ether oxygens (including phenoxy) is 3. The van der Waals surface area contributed by atoms with Crippen LogP contribution in [0.2, 0.25) is 10.0 Å². The Balaban J connectivity index is 1.89. The maximum atomic E-state index is 12.8. The highest BCUT2D eigenvalue weighted by Crippen LogP contribution is 2.38. The minimum Gasteiger partial charge on any atom is -0.872 e. The van der Waals surface area contributed by atoms with Crippen molar-refractivity contribution in [1.82, 2.24) is 0 Å². The van der Waals surface area contributed by atoms with E-state index < -0.39 is 0 Å². The van der Waals surface area contributed by atoms with Crippen LogP contribution in [0.1, 0.15) is 21.5 Å². The number of carbonyl (C=O) groups is 1. The molecule has 3 rings (SSSR count). The summed E-state index contributed by atoms with van der Waals surface area (Å²) in [6.07, 6.45) is 1.60. The minimum absolute atomic E-state index is 0.144. The molecule has 2 aromatic carbocycles. The van der Waals surface area contributed by atoms with Gasteiger partial charge in [-0.3, -0.25) is 4.79 Å². The van der Waals surface area contributed by atoms with Crippen molar-refractivity contribution in [2.45, 2.75) is 6.54 Å². The van der Waals surface area contributed by atoms with Gasteiger partial charge < -0.3 is 24.2 Å². The number of carbonyl (C=O) groups excluding carboxylic acids is 1. The zero-order chi connectivity index (χ0) is 21.7. The summed E-state index contributed by atoms with van der Waals surface area (Å²) < 4.78 is 16.2. The van der Waals surface area contributed by atoms with Crippen LogP contribution < -0.4 is 14.7 Å². The van der Waals surface area contributed by atoms with Crippen LogP contribution in [0.25, 0.3) is 6.08 Å². The highest BCUT2D eigenvalue weighted by Gasteiger charge is 2.31. The Hall–Kier alpha value is -2.09. The van der Waals surface area contributed by atoms with Gasteiger partial charge in [0.15, 0.2) is 5.76 Å².